The lowest BCUT2D eigenvalue weighted by atomic mass is 9.87. The van der Waals surface area contributed by atoms with E-state index in [1.807, 2.05) is 6.92 Å². The van der Waals surface area contributed by atoms with Crippen LogP contribution in [0.2, 0.25) is 0 Å². The summed E-state index contributed by atoms with van der Waals surface area (Å²) in [5.41, 5.74) is 6.26. The minimum Gasteiger partial charge on any atom is -0.382 e. The van der Waals surface area contributed by atoms with Crippen LogP contribution >= 0.6 is 6.72 Å². The first-order valence-corrected chi connectivity index (χ1v) is 10.8. The van der Waals surface area contributed by atoms with Gasteiger partial charge in [0, 0.05) is 13.5 Å². The van der Waals surface area contributed by atoms with Gasteiger partial charge in [0.05, 0.1) is 12.9 Å². The Balaban J connectivity index is 1.76. The molecule has 2 saturated heterocycles. The molecule has 0 radical (unpaired) electrons. The summed E-state index contributed by atoms with van der Waals surface area (Å²) in [6.07, 6.45) is 2.63. The third-order valence-electron chi connectivity index (χ3n) is 5.03. The average Bonchev–Trinajstić information content (AvgIpc) is 3.11. The Morgan fingerprint density at radius 1 is 1.50 bits per heavy atom. The molecule has 2 aromatic rings. The van der Waals surface area contributed by atoms with E-state index in [9.17, 15) is 4.89 Å². The fraction of sp³-hybridized carbons (Fsp3) is 0.643. The van der Waals surface area contributed by atoms with Crippen molar-refractivity contribution >= 4 is 35.5 Å². The van der Waals surface area contributed by atoms with Gasteiger partial charge in [0.1, 0.15) is 29.7 Å². The molecule has 0 saturated carbocycles. The normalized spacial score (nSPS) is 33.4. The van der Waals surface area contributed by atoms with E-state index < -0.39 is 30.8 Å². The van der Waals surface area contributed by atoms with Crippen molar-refractivity contribution in [2.24, 2.45) is 0 Å². The number of nitrogen functional groups attached to an aromatic ring is 1. The summed E-state index contributed by atoms with van der Waals surface area (Å²) in [7, 11) is 1.33. The zero-order chi connectivity index (χ0) is 18.5. The van der Waals surface area contributed by atoms with Crippen molar-refractivity contribution in [3.63, 3.8) is 0 Å². The summed E-state index contributed by atoms with van der Waals surface area (Å²) < 4.78 is 24.8. The van der Waals surface area contributed by atoms with E-state index in [0.29, 0.717) is 36.4 Å². The van der Waals surface area contributed by atoms with Gasteiger partial charge in [0.2, 0.25) is 0 Å². The predicted molar refractivity (Wildman–Crippen MR) is 95.6 cm³/mol. The smallest absolute Gasteiger partial charge is 0.324 e. The van der Waals surface area contributed by atoms with Gasteiger partial charge in [-0.05, 0) is 18.2 Å². The van der Waals surface area contributed by atoms with Gasteiger partial charge in [-0.1, -0.05) is 6.92 Å². The summed E-state index contributed by atoms with van der Waals surface area (Å²) in [5.74, 6) is 0.291. The van der Waals surface area contributed by atoms with Gasteiger partial charge in [-0.2, -0.15) is 0 Å². The van der Waals surface area contributed by atoms with Crippen LogP contribution in [0, 0.1) is 0 Å². The highest BCUT2D eigenvalue weighted by atomic mass is 32.5. The second kappa shape index (κ2) is 6.45. The third kappa shape index (κ3) is 2.75. The molecule has 0 aromatic carbocycles. The van der Waals surface area contributed by atoms with Gasteiger partial charge in [0.25, 0.3) is 0 Å². The molecule has 4 heterocycles. The Bertz CT molecular complexity index is 881. The van der Waals surface area contributed by atoms with E-state index in [0.717, 1.165) is 0 Å². The van der Waals surface area contributed by atoms with Gasteiger partial charge in [-0.15, -0.1) is 0 Å². The molecule has 5 atom stereocenters. The number of rotatable bonds is 5. The fourth-order valence-electron chi connectivity index (χ4n) is 3.64. The van der Waals surface area contributed by atoms with Crippen LogP contribution in [0.3, 0.4) is 0 Å². The first-order chi connectivity index (χ1) is 12.4. The predicted octanol–water partition coefficient (Wildman–Crippen LogP) is 1.12. The summed E-state index contributed by atoms with van der Waals surface area (Å²) in [4.78, 5) is 22.7. The molecule has 2 aliphatic rings. The molecule has 2 unspecified atom stereocenters. The van der Waals surface area contributed by atoms with Crippen LogP contribution in [0.15, 0.2) is 12.7 Å². The van der Waals surface area contributed by atoms with Gasteiger partial charge in [-0.3, -0.25) is 9.09 Å². The van der Waals surface area contributed by atoms with E-state index in [1.54, 1.807) is 10.9 Å². The van der Waals surface area contributed by atoms with Crippen LogP contribution in [0.25, 0.3) is 11.2 Å². The Morgan fingerprint density at radius 2 is 2.31 bits per heavy atom. The lowest BCUT2D eigenvalue weighted by Crippen LogP contribution is -2.49. The molecule has 2 aromatic heterocycles. The second-order valence-electron chi connectivity index (χ2n) is 6.27. The minimum absolute atomic E-state index is 0.291. The number of nitrogens with two attached hydrogens (primary N) is 1. The van der Waals surface area contributed by atoms with Crippen LogP contribution in [0.5, 0.6) is 0 Å². The van der Waals surface area contributed by atoms with Crippen molar-refractivity contribution in [3.05, 3.63) is 12.7 Å². The topological polar surface area (TPSA) is 127 Å². The highest BCUT2D eigenvalue weighted by Gasteiger charge is 2.60. The van der Waals surface area contributed by atoms with Crippen LogP contribution in [-0.2, 0) is 30.3 Å². The SMILES string of the molecule is CC[C@@]12CCO[C@@H](C1OP(O)(=S)OC)[C@H](n1cnc3c(N)ncnc31)O2. The van der Waals surface area contributed by atoms with Gasteiger partial charge in [0.15, 0.2) is 17.7 Å². The van der Waals surface area contributed by atoms with Crippen molar-refractivity contribution in [2.75, 3.05) is 19.5 Å². The summed E-state index contributed by atoms with van der Waals surface area (Å²) >= 11 is 5.04. The number of imidazole rings is 1. The van der Waals surface area contributed by atoms with Crippen LogP contribution in [-0.4, -0.2) is 55.9 Å². The molecule has 3 N–H and O–H groups in total. The molecule has 2 aliphatic heterocycles. The Kier molecular flexibility index (Phi) is 4.51. The standard InChI is InChI=1S/C14H20N5O5PS/c1-3-14-4-5-22-9(10(14)24-25(20,26)21-2)13(23-14)19-7-18-8-11(15)16-6-17-12(8)19/h6-7,9-10,13H,3-5H2,1-2H3,(H,20,26)(H2,15,16,17)/t9-,10?,13+,14+,25?/m0/s1. The number of ether oxygens (including phenoxy) is 2. The monoisotopic (exact) mass is 401 g/mol. The quantitative estimate of drug-likeness (QED) is 0.704. The molecule has 2 bridgehead atoms. The molecular weight excluding hydrogens is 381 g/mol. The molecule has 0 aliphatic carbocycles. The molecule has 26 heavy (non-hydrogen) atoms. The van der Waals surface area contributed by atoms with Gasteiger partial charge in [-0.25, -0.2) is 15.0 Å². The number of hydrogen-bond donors (Lipinski definition) is 2. The third-order valence-corrected chi connectivity index (χ3v) is 6.69. The number of aromatic nitrogens is 4. The van der Waals surface area contributed by atoms with E-state index in [-0.39, 0.29) is 0 Å². The first kappa shape index (κ1) is 18.2. The van der Waals surface area contributed by atoms with E-state index in [1.165, 1.54) is 13.4 Å². The number of anilines is 1. The lowest BCUT2D eigenvalue weighted by Gasteiger charge is -2.38. The number of hydrogen-bond acceptors (Lipinski definition) is 9. The number of nitrogens with zero attached hydrogens (tertiary/aromatic N) is 4. The first-order valence-electron chi connectivity index (χ1n) is 8.20. The molecule has 10 nitrogen and oxygen atoms in total. The van der Waals surface area contributed by atoms with E-state index >= 15 is 0 Å². The van der Waals surface area contributed by atoms with Crippen LogP contribution in [0.1, 0.15) is 26.0 Å². The second-order valence-corrected chi connectivity index (χ2v) is 9.17. The summed E-state index contributed by atoms with van der Waals surface area (Å²) in [5, 5.41) is 0. The highest BCUT2D eigenvalue weighted by Crippen LogP contribution is 2.55. The van der Waals surface area contributed by atoms with Crippen molar-refractivity contribution < 1.29 is 23.4 Å². The van der Waals surface area contributed by atoms with Gasteiger partial charge >= 0.3 is 6.72 Å². The number of fused-ring (bicyclic) bond motifs is 3. The Morgan fingerprint density at radius 3 is 3.04 bits per heavy atom. The molecule has 12 heteroatoms. The highest BCUT2D eigenvalue weighted by molar-refractivity contribution is 8.07. The largest absolute Gasteiger partial charge is 0.382 e. The van der Waals surface area contributed by atoms with Crippen molar-refractivity contribution in [1.29, 1.82) is 0 Å². The summed E-state index contributed by atoms with van der Waals surface area (Å²) in [6, 6.07) is 0. The van der Waals surface area contributed by atoms with E-state index in [4.69, 9.17) is 36.1 Å². The Hall–Kier alpha value is -1.20. The zero-order valence-electron chi connectivity index (χ0n) is 14.3. The van der Waals surface area contributed by atoms with Crippen molar-refractivity contribution in [3.8, 4) is 0 Å². The molecule has 2 fully saturated rings. The maximum Gasteiger partial charge on any atom is 0.324 e. The van der Waals surface area contributed by atoms with E-state index in [2.05, 4.69) is 15.0 Å². The minimum atomic E-state index is -3.39. The molecule has 4 rings (SSSR count). The fourth-order valence-corrected chi connectivity index (χ4v) is 4.60. The molecular formula is C14H20N5O5PS. The van der Waals surface area contributed by atoms with Crippen molar-refractivity contribution in [2.45, 2.75) is 43.8 Å². The maximum absolute atomic E-state index is 10.2. The Labute approximate surface area is 154 Å². The molecule has 142 valence electrons. The zero-order valence-corrected chi connectivity index (χ0v) is 16.0. The molecule has 0 spiro atoms. The average molecular weight is 401 g/mol. The van der Waals surface area contributed by atoms with Crippen molar-refractivity contribution in [1.82, 2.24) is 19.5 Å². The van der Waals surface area contributed by atoms with Gasteiger partial charge < -0.3 is 24.6 Å². The lowest BCUT2D eigenvalue weighted by molar-refractivity contribution is -0.116. The summed E-state index contributed by atoms with van der Waals surface area (Å²) in [6.45, 7) is -0.874. The van der Waals surface area contributed by atoms with Crippen LogP contribution < -0.4 is 5.73 Å². The van der Waals surface area contributed by atoms with Crippen LogP contribution in [0.4, 0.5) is 5.82 Å². The molecule has 0 amide bonds. The maximum atomic E-state index is 10.2.